The summed E-state index contributed by atoms with van der Waals surface area (Å²) in [6.07, 6.45) is 6.04. The van der Waals surface area contributed by atoms with Gasteiger partial charge in [0.1, 0.15) is 0 Å². The number of hydrogen-bond donors (Lipinski definition) is 2. The molecule has 1 aromatic carbocycles. The molecule has 1 aliphatic rings. The second-order valence-electron chi connectivity index (χ2n) is 5.09. The lowest BCUT2D eigenvalue weighted by molar-refractivity contribution is 0.327. The van der Waals surface area contributed by atoms with E-state index in [1.54, 1.807) is 6.07 Å². The molecule has 0 radical (unpaired) electrons. The topological polar surface area (TPSA) is 95.6 Å². The van der Waals surface area contributed by atoms with Crippen molar-refractivity contribution in [2.24, 2.45) is 0 Å². The van der Waals surface area contributed by atoms with Gasteiger partial charge in [0.25, 0.3) is 0 Å². The van der Waals surface area contributed by atoms with Crippen molar-refractivity contribution in [1.29, 1.82) is 0 Å². The summed E-state index contributed by atoms with van der Waals surface area (Å²) in [5.41, 5.74) is 13.9. The number of rotatable bonds is 2. The van der Waals surface area contributed by atoms with E-state index in [1.165, 1.54) is 19.3 Å². The van der Waals surface area contributed by atoms with Crippen LogP contribution in [0.15, 0.2) is 18.2 Å². The van der Waals surface area contributed by atoms with Gasteiger partial charge in [0.2, 0.25) is 0 Å². The number of benzene rings is 1. The zero-order chi connectivity index (χ0) is 13.2. The van der Waals surface area contributed by atoms with Gasteiger partial charge in [-0.05, 0) is 41.5 Å². The molecule has 0 saturated heterocycles. The Labute approximate surface area is 111 Å². The molecule has 100 valence electrons. The van der Waals surface area contributed by atoms with Gasteiger partial charge in [-0.1, -0.05) is 19.3 Å². The molecular formula is C13H18N6. The average molecular weight is 258 g/mol. The lowest BCUT2D eigenvalue weighted by atomic mass is 9.95. The van der Waals surface area contributed by atoms with Crippen LogP contribution in [0, 0.1) is 0 Å². The van der Waals surface area contributed by atoms with E-state index < -0.39 is 0 Å². The molecule has 1 heterocycles. The summed E-state index contributed by atoms with van der Waals surface area (Å²) < 4.78 is 1.92. The quantitative estimate of drug-likeness (QED) is 0.803. The summed E-state index contributed by atoms with van der Waals surface area (Å²) in [5, 5.41) is 12.1. The maximum atomic E-state index is 6.02. The zero-order valence-corrected chi connectivity index (χ0v) is 10.8. The van der Waals surface area contributed by atoms with E-state index in [0.29, 0.717) is 17.4 Å². The molecule has 2 aromatic rings. The number of aromatic nitrogens is 4. The van der Waals surface area contributed by atoms with Crippen molar-refractivity contribution in [3.63, 3.8) is 0 Å². The van der Waals surface area contributed by atoms with Crippen molar-refractivity contribution in [1.82, 2.24) is 20.2 Å². The molecule has 0 amide bonds. The Hall–Kier alpha value is -2.11. The lowest BCUT2D eigenvalue weighted by Crippen LogP contribution is -2.15. The number of tetrazole rings is 1. The predicted octanol–water partition coefficient (Wildman–Crippen LogP) is 2.01. The first-order valence-corrected chi connectivity index (χ1v) is 6.69. The van der Waals surface area contributed by atoms with Crippen LogP contribution < -0.4 is 11.5 Å². The Morgan fingerprint density at radius 2 is 1.89 bits per heavy atom. The summed E-state index contributed by atoms with van der Waals surface area (Å²) in [6, 6.07) is 5.84. The third kappa shape index (κ3) is 2.25. The van der Waals surface area contributed by atoms with Gasteiger partial charge in [-0.2, -0.15) is 0 Å². The Kier molecular flexibility index (Phi) is 3.06. The zero-order valence-electron chi connectivity index (χ0n) is 10.8. The average Bonchev–Trinajstić information content (AvgIpc) is 2.89. The molecule has 6 nitrogen and oxygen atoms in total. The lowest BCUT2D eigenvalue weighted by Gasteiger charge is -2.22. The van der Waals surface area contributed by atoms with E-state index in [1.807, 2.05) is 16.8 Å². The van der Waals surface area contributed by atoms with E-state index in [4.69, 9.17) is 11.5 Å². The van der Waals surface area contributed by atoms with Crippen LogP contribution in [0.4, 0.5) is 11.4 Å². The van der Waals surface area contributed by atoms with Crippen LogP contribution in [0.3, 0.4) is 0 Å². The van der Waals surface area contributed by atoms with Crippen molar-refractivity contribution < 1.29 is 0 Å². The SMILES string of the molecule is Nc1ccc(-c2nnnn2C2CCCCC2)c(N)c1. The summed E-state index contributed by atoms with van der Waals surface area (Å²) in [4.78, 5) is 0. The smallest absolute Gasteiger partial charge is 0.184 e. The summed E-state index contributed by atoms with van der Waals surface area (Å²) in [6.45, 7) is 0. The molecule has 0 bridgehead atoms. The van der Waals surface area contributed by atoms with Crippen molar-refractivity contribution in [3.8, 4) is 11.4 Å². The third-order valence-electron chi connectivity index (χ3n) is 3.73. The van der Waals surface area contributed by atoms with Gasteiger partial charge >= 0.3 is 0 Å². The molecular weight excluding hydrogens is 240 g/mol. The number of nitrogens with two attached hydrogens (primary N) is 2. The highest BCUT2D eigenvalue weighted by atomic mass is 15.5. The van der Waals surface area contributed by atoms with Crippen LogP contribution in [0.2, 0.25) is 0 Å². The van der Waals surface area contributed by atoms with Crippen LogP contribution in [-0.2, 0) is 0 Å². The largest absolute Gasteiger partial charge is 0.399 e. The molecule has 1 saturated carbocycles. The standard InChI is InChI=1S/C13H18N6/c14-9-6-7-11(12(15)8-9)13-16-17-18-19(13)10-4-2-1-3-5-10/h6-8,10H,1-5,14-15H2. The van der Waals surface area contributed by atoms with E-state index >= 15 is 0 Å². The molecule has 1 fully saturated rings. The first-order valence-electron chi connectivity index (χ1n) is 6.69. The monoisotopic (exact) mass is 258 g/mol. The van der Waals surface area contributed by atoms with Gasteiger partial charge in [-0.25, -0.2) is 4.68 Å². The van der Waals surface area contributed by atoms with Gasteiger partial charge in [0.05, 0.1) is 6.04 Å². The van der Waals surface area contributed by atoms with Gasteiger partial charge in [0.15, 0.2) is 5.82 Å². The maximum Gasteiger partial charge on any atom is 0.184 e. The normalized spacial score (nSPS) is 16.6. The first kappa shape index (κ1) is 12.0. The fraction of sp³-hybridized carbons (Fsp3) is 0.462. The Balaban J connectivity index is 1.99. The molecule has 6 heteroatoms. The fourth-order valence-corrected chi connectivity index (χ4v) is 2.73. The number of nitrogen functional groups attached to an aromatic ring is 2. The fourth-order valence-electron chi connectivity index (χ4n) is 2.73. The van der Waals surface area contributed by atoms with Crippen molar-refractivity contribution in [2.45, 2.75) is 38.1 Å². The summed E-state index contributed by atoms with van der Waals surface area (Å²) >= 11 is 0. The van der Waals surface area contributed by atoms with Crippen LogP contribution in [0.5, 0.6) is 0 Å². The van der Waals surface area contributed by atoms with Gasteiger partial charge in [-0.3, -0.25) is 0 Å². The molecule has 0 spiro atoms. The van der Waals surface area contributed by atoms with Crippen LogP contribution >= 0.6 is 0 Å². The molecule has 3 rings (SSSR count). The minimum atomic E-state index is 0.385. The molecule has 1 aromatic heterocycles. The van der Waals surface area contributed by atoms with E-state index in [2.05, 4.69) is 15.5 Å². The molecule has 0 unspecified atom stereocenters. The Morgan fingerprint density at radius 3 is 2.63 bits per heavy atom. The van der Waals surface area contributed by atoms with Gasteiger partial charge < -0.3 is 11.5 Å². The molecule has 19 heavy (non-hydrogen) atoms. The second-order valence-corrected chi connectivity index (χ2v) is 5.09. The van der Waals surface area contributed by atoms with E-state index in [9.17, 15) is 0 Å². The Morgan fingerprint density at radius 1 is 1.11 bits per heavy atom. The molecule has 0 aliphatic heterocycles. The Bertz CT molecular complexity index is 570. The summed E-state index contributed by atoms with van der Waals surface area (Å²) in [7, 11) is 0. The number of hydrogen-bond acceptors (Lipinski definition) is 5. The minimum Gasteiger partial charge on any atom is -0.399 e. The second kappa shape index (κ2) is 4.87. The highest BCUT2D eigenvalue weighted by Gasteiger charge is 2.21. The van der Waals surface area contributed by atoms with Crippen LogP contribution in [0.25, 0.3) is 11.4 Å². The van der Waals surface area contributed by atoms with Crippen LogP contribution in [-0.4, -0.2) is 20.2 Å². The third-order valence-corrected chi connectivity index (χ3v) is 3.73. The van der Waals surface area contributed by atoms with E-state index in [-0.39, 0.29) is 0 Å². The highest BCUT2D eigenvalue weighted by molar-refractivity contribution is 5.74. The molecule has 4 N–H and O–H groups in total. The first-order chi connectivity index (χ1) is 9.25. The van der Waals surface area contributed by atoms with Crippen molar-refractivity contribution in [3.05, 3.63) is 18.2 Å². The van der Waals surface area contributed by atoms with Gasteiger partial charge in [-0.15, -0.1) is 5.10 Å². The maximum absolute atomic E-state index is 6.02. The van der Waals surface area contributed by atoms with E-state index in [0.717, 1.165) is 24.2 Å². The van der Waals surface area contributed by atoms with Crippen molar-refractivity contribution in [2.75, 3.05) is 11.5 Å². The summed E-state index contributed by atoms with van der Waals surface area (Å²) in [5.74, 6) is 0.740. The predicted molar refractivity (Wildman–Crippen MR) is 74.2 cm³/mol. The molecule has 0 atom stereocenters. The van der Waals surface area contributed by atoms with Crippen molar-refractivity contribution >= 4 is 11.4 Å². The van der Waals surface area contributed by atoms with Gasteiger partial charge in [0, 0.05) is 16.9 Å². The molecule has 1 aliphatic carbocycles. The minimum absolute atomic E-state index is 0.385. The number of nitrogens with zero attached hydrogens (tertiary/aromatic N) is 4. The number of anilines is 2. The highest BCUT2D eigenvalue weighted by Crippen LogP contribution is 2.32. The van der Waals surface area contributed by atoms with Crippen LogP contribution in [0.1, 0.15) is 38.1 Å².